The summed E-state index contributed by atoms with van der Waals surface area (Å²) in [6.45, 7) is 9.44. The second kappa shape index (κ2) is 14.7. The minimum absolute atomic E-state index is 0.0484. The number of benzene rings is 3. The van der Waals surface area contributed by atoms with Crippen molar-refractivity contribution in [3.8, 4) is 16.9 Å². The van der Waals surface area contributed by atoms with Crippen molar-refractivity contribution in [2.24, 2.45) is 5.92 Å². The molecule has 0 aliphatic carbocycles. The molecule has 8 nitrogen and oxygen atoms in total. The van der Waals surface area contributed by atoms with Gasteiger partial charge in [-0.05, 0) is 100 Å². The lowest BCUT2D eigenvalue weighted by molar-refractivity contribution is 0.0528. The topological polar surface area (TPSA) is 91.3 Å². The number of alkyl carbamates (subject to hydrolysis) is 1. The molecule has 0 radical (unpaired) electrons. The second-order valence-corrected chi connectivity index (χ2v) is 12.9. The lowest BCUT2D eigenvalue weighted by atomic mass is 9.82. The van der Waals surface area contributed by atoms with E-state index in [0.717, 1.165) is 66.2 Å². The molecule has 3 fully saturated rings. The predicted molar refractivity (Wildman–Crippen MR) is 179 cm³/mol. The number of carbonyl (C=O) groups is 2. The number of fused-ring (bicyclic) bond motifs is 3. The smallest absolute Gasteiger partial charge is 0.412 e. The fourth-order valence-corrected chi connectivity index (χ4v) is 6.20. The van der Waals surface area contributed by atoms with Gasteiger partial charge in [-0.25, -0.2) is 9.59 Å². The number of rotatable bonds is 11. The van der Waals surface area contributed by atoms with Gasteiger partial charge in [-0.15, -0.1) is 0 Å². The molecule has 2 amide bonds. The zero-order chi connectivity index (χ0) is 31.8. The molecule has 3 aromatic carbocycles. The third-order valence-electron chi connectivity index (χ3n) is 8.39. The summed E-state index contributed by atoms with van der Waals surface area (Å²) in [5.74, 6) is 1.17. The number of anilines is 1. The summed E-state index contributed by atoms with van der Waals surface area (Å²) in [5, 5.41) is 13.3. The van der Waals surface area contributed by atoms with Crippen LogP contribution in [0.15, 0.2) is 78.9 Å². The lowest BCUT2D eigenvalue weighted by Gasteiger charge is -2.48. The molecule has 8 heteroatoms. The first kappa shape index (κ1) is 32.1. The van der Waals surface area contributed by atoms with Crippen molar-refractivity contribution in [2.45, 2.75) is 58.1 Å². The zero-order valence-electron chi connectivity index (χ0n) is 26.6. The Morgan fingerprint density at radius 3 is 2.40 bits per heavy atom. The summed E-state index contributed by atoms with van der Waals surface area (Å²) in [7, 11) is 0. The van der Waals surface area contributed by atoms with Crippen molar-refractivity contribution in [2.75, 3.05) is 37.7 Å². The van der Waals surface area contributed by atoms with Crippen LogP contribution in [-0.2, 0) is 11.2 Å². The van der Waals surface area contributed by atoms with E-state index < -0.39 is 17.8 Å². The molecule has 45 heavy (non-hydrogen) atoms. The van der Waals surface area contributed by atoms with Crippen molar-refractivity contribution in [3.63, 3.8) is 0 Å². The van der Waals surface area contributed by atoms with Gasteiger partial charge in [-0.2, -0.15) is 0 Å². The van der Waals surface area contributed by atoms with Crippen molar-refractivity contribution in [3.05, 3.63) is 90.0 Å². The van der Waals surface area contributed by atoms with Crippen LogP contribution in [-0.4, -0.2) is 66.6 Å². The van der Waals surface area contributed by atoms with Crippen molar-refractivity contribution < 1.29 is 24.2 Å². The molecule has 0 aromatic heterocycles. The van der Waals surface area contributed by atoms with Crippen molar-refractivity contribution in [1.29, 1.82) is 0 Å². The quantitative estimate of drug-likeness (QED) is 0.219. The van der Waals surface area contributed by atoms with Gasteiger partial charge in [-0.1, -0.05) is 66.7 Å². The van der Waals surface area contributed by atoms with Crippen LogP contribution in [0.5, 0.6) is 5.75 Å². The zero-order valence-corrected chi connectivity index (χ0v) is 26.6. The van der Waals surface area contributed by atoms with Gasteiger partial charge in [0.2, 0.25) is 0 Å². The molecular formula is C37H45N3O5. The van der Waals surface area contributed by atoms with Crippen LogP contribution in [0.4, 0.5) is 15.3 Å². The van der Waals surface area contributed by atoms with E-state index in [1.807, 2.05) is 93.6 Å². The van der Waals surface area contributed by atoms with E-state index in [0.29, 0.717) is 31.9 Å². The molecule has 0 spiro atoms. The Hall–Kier alpha value is -4.30. The van der Waals surface area contributed by atoms with E-state index in [9.17, 15) is 14.7 Å². The van der Waals surface area contributed by atoms with Crippen LogP contribution in [0.25, 0.3) is 17.2 Å². The highest BCUT2D eigenvalue weighted by molar-refractivity contribution is 5.94. The molecule has 6 rings (SSSR count). The number of nitrogens with zero attached hydrogens (tertiary/aromatic N) is 2. The standard InChI is InChI=1S/C37H45N3O5/c1-37(2,3)45-35(41)38-21-18-27-12-15-31(16-13-27)44-24-8-7-9-28-14-17-32(29-10-5-4-6-11-29)33(25-28)40(36(42)43)34-26-39-22-19-30(34)20-23-39/h4-7,9-17,25,30,34H,8,18-24,26H2,1-3H3,(H,38,41)(H,42,43)/b9-7+/t34-/m0/s1. The van der Waals surface area contributed by atoms with E-state index in [1.165, 1.54) is 0 Å². The summed E-state index contributed by atoms with van der Waals surface area (Å²) in [6.07, 6.45) is 6.30. The summed E-state index contributed by atoms with van der Waals surface area (Å²) in [4.78, 5) is 28.6. The number of carboxylic acid groups (broad SMARTS) is 1. The molecule has 2 bridgehead atoms. The maximum atomic E-state index is 12.8. The third-order valence-corrected chi connectivity index (χ3v) is 8.39. The molecule has 3 aromatic rings. The molecule has 3 saturated heterocycles. The number of hydrogen-bond donors (Lipinski definition) is 2. The normalized spacial score (nSPS) is 19.3. The summed E-state index contributed by atoms with van der Waals surface area (Å²) < 4.78 is 11.2. The average Bonchev–Trinajstić information content (AvgIpc) is 3.02. The van der Waals surface area contributed by atoms with Crippen LogP contribution in [0.3, 0.4) is 0 Å². The summed E-state index contributed by atoms with van der Waals surface area (Å²) in [6, 6.07) is 24.0. The fraction of sp³-hybridized carbons (Fsp3) is 0.405. The number of ether oxygens (including phenoxy) is 2. The first-order valence-electron chi connectivity index (χ1n) is 16.0. The monoisotopic (exact) mass is 611 g/mol. The molecule has 0 saturated carbocycles. The van der Waals surface area contributed by atoms with Gasteiger partial charge in [0.1, 0.15) is 11.4 Å². The van der Waals surface area contributed by atoms with Crippen LogP contribution >= 0.6 is 0 Å². The molecule has 3 aliphatic rings. The Morgan fingerprint density at radius 2 is 1.76 bits per heavy atom. The highest BCUT2D eigenvalue weighted by Gasteiger charge is 2.40. The van der Waals surface area contributed by atoms with Gasteiger partial charge in [0.15, 0.2) is 0 Å². The lowest BCUT2D eigenvalue weighted by Crippen LogP contribution is -2.59. The van der Waals surface area contributed by atoms with Gasteiger partial charge < -0.3 is 24.8 Å². The van der Waals surface area contributed by atoms with Gasteiger partial charge in [-0.3, -0.25) is 4.90 Å². The molecule has 3 heterocycles. The van der Waals surface area contributed by atoms with Gasteiger partial charge in [0.25, 0.3) is 0 Å². The fourth-order valence-electron chi connectivity index (χ4n) is 6.20. The van der Waals surface area contributed by atoms with Crippen LogP contribution in [0.1, 0.15) is 51.2 Å². The van der Waals surface area contributed by atoms with Gasteiger partial charge >= 0.3 is 12.2 Å². The number of amides is 2. The molecule has 2 N–H and O–H groups in total. The van der Waals surface area contributed by atoms with Gasteiger partial charge in [0, 0.05) is 18.7 Å². The average molecular weight is 612 g/mol. The van der Waals surface area contributed by atoms with Gasteiger partial charge in [0.05, 0.1) is 18.3 Å². The van der Waals surface area contributed by atoms with Crippen LogP contribution in [0, 0.1) is 5.92 Å². The SMILES string of the molecule is CC(C)(C)OC(=O)NCCc1ccc(OCC/C=C/c2ccc(-c3ccccc3)c(N(C(=O)O)[C@H]3CN4CCC3CC4)c2)cc1. The van der Waals surface area contributed by atoms with Crippen LogP contribution < -0.4 is 15.0 Å². The molecule has 0 unspecified atom stereocenters. The second-order valence-electron chi connectivity index (χ2n) is 12.9. The molecular weight excluding hydrogens is 566 g/mol. The summed E-state index contributed by atoms with van der Waals surface area (Å²) in [5.41, 5.74) is 4.23. The first-order chi connectivity index (χ1) is 21.7. The van der Waals surface area contributed by atoms with Crippen molar-refractivity contribution >= 4 is 23.9 Å². The molecule has 3 aliphatic heterocycles. The maximum Gasteiger partial charge on any atom is 0.412 e. The largest absolute Gasteiger partial charge is 0.493 e. The Labute approximate surface area is 266 Å². The van der Waals surface area contributed by atoms with E-state index in [1.54, 1.807) is 4.90 Å². The highest BCUT2D eigenvalue weighted by Crippen LogP contribution is 2.39. The number of nitrogens with one attached hydrogen (secondary N) is 1. The minimum atomic E-state index is -0.897. The van der Waals surface area contributed by atoms with E-state index in [4.69, 9.17) is 9.47 Å². The Balaban J connectivity index is 1.19. The number of carbonyl (C=O) groups excluding carboxylic acids is 1. The Bertz CT molecular complexity index is 1460. The van der Waals surface area contributed by atoms with Crippen molar-refractivity contribution in [1.82, 2.24) is 10.2 Å². The Kier molecular flexibility index (Phi) is 10.5. The third kappa shape index (κ3) is 8.88. The highest BCUT2D eigenvalue weighted by atomic mass is 16.6. The first-order valence-corrected chi connectivity index (χ1v) is 16.0. The number of piperidine rings is 3. The minimum Gasteiger partial charge on any atom is -0.493 e. The summed E-state index contributed by atoms with van der Waals surface area (Å²) >= 11 is 0. The van der Waals surface area contributed by atoms with Crippen LogP contribution in [0.2, 0.25) is 0 Å². The van der Waals surface area contributed by atoms with E-state index in [-0.39, 0.29) is 6.04 Å². The predicted octanol–water partition coefficient (Wildman–Crippen LogP) is 7.48. The molecule has 1 atom stereocenters. The Morgan fingerprint density at radius 1 is 1.02 bits per heavy atom. The maximum absolute atomic E-state index is 12.8. The molecule has 238 valence electrons. The van der Waals surface area contributed by atoms with E-state index in [2.05, 4.69) is 22.4 Å². The number of hydrogen-bond acceptors (Lipinski definition) is 5. The van der Waals surface area contributed by atoms with E-state index >= 15 is 0 Å².